The third-order valence-corrected chi connectivity index (χ3v) is 5.35. The summed E-state index contributed by atoms with van der Waals surface area (Å²) in [6, 6.07) is 5.72. The highest BCUT2D eigenvalue weighted by molar-refractivity contribution is 5.66. The first-order valence-corrected chi connectivity index (χ1v) is 8.47. The molecule has 1 aromatic rings. The number of hydrogen-bond donors (Lipinski definition) is 2. The summed E-state index contributed by atoms with van der Waals surface area (Å²) in [4.78, 5) is 13.1. The van der Waals surface area contributed by atoms with E-state index in [2.05, 4.69) is 11.8 Å². The summed E-state index contributed by atoms with van der Waals surface area (Å²) < 4.78 is 13.3. The molecule has 4 atom stereocenters. The van der Waals surface area contributed by atoms with Gasteiger partial charge in [-0.1, -0.05) is 24.8 Å². The third kappa shape index (κ3) is 2.99. The van der Waals surface area contributed by atoms with Gasteiger partial charge in [0.15, 0.2) is 0 Å². The van der Waals surface area contributed by atoms with E-state index in [-0.39, 0.29) is 23.8 Å². The van der Waals surface area contributed by atoms with Gasteiger partial charge in [0, 0.05) is 23.6 Å². The van der Waals surface area contributed by atoms with Crippen LogP contribution in [0.25, 0.3) is 0 Å². The van der Waals surface area contributed by atoms with Gasteiger partial charge < -0.3 is 15.1 Å². The normalized spacial score (nSPS) is 32.0. The Bertz CT molecular complexity index is 695. The van der Waals surface area contributed by atoms with Gasteiger partial charge in [-0.05, 0) is 50.3 Å². The molecule has 1 heterocycles. The Morgan fingerprint density at radius 2 is 2.29 bits per heavy atom. The number of amides is 1. The maximum atomic E-state index is 13.3. The zero-order valence-electron chi connectivity index (χ0n) is 13.7. The molecule has 0 spiro atoms. The molecule has 2 aliphatic rings. The lowest BCUT2D eigenvalue weighted by molar-refractivity contribution is -0.0129. The number of rotatable bonds is 1. The Morgan fingerprint density at radius 1 is 1.50 bits per heavy atom. The predicted octanol–water partition coefficient (Wildman–Crippen LogP) is 3.24. The van der Waals surface area contributed by atoms with E-state index in [1.54, 1.807) is 12.1 Å². The topological polar surface area (TPSA) is 60.8 Å². The largest absolute Gasteiger partial charge is 0.465 e. The number of benzene rings is 1. The third-order valence-electron chi connectivity index (χ3n) is 5.35. The maximum absolute atomic E-state index is 13.3. The van der Waals surface area contributed by atoms with Crippen molar-refractivity contribution in [2.45, 2.75) is 56.7 Å². The van der Waals surface area contributed by atoms with Crippen LogP contribution in [-0.4, -0.2) is 38.9 Å². The van der Waals surface area contributed by atoms with Crippen molar-refractivity contribution in [3.63, 3.8) is 0 Å². The number of carbonyl (C=O) groups is 1. The number of nitrogens with zero attached hydrogens (tertiary/aromatic N) is 1. The second-order valence-electron chi connectivity index (χ2n) is 6.74. The van der Waals surface area contributed by atoms with Crippen LogP contribution < -0.4 is 0 Å². The highest BCUT2D eigenvalue weighted by atomic mass is 19.1. The molecule has 24 heavy (non-hydrogen) atoms. The van der Waals surface area contributed by atoms with Crippen LogP contribution >= 0.6 is 0 Å². The summed E-state index contributed by atoms with van der Waals surface area (Å²) in [5.41, 5.74) is -0.696. The number of halogens is 1. The molecule has 128 valence electrons. The van der Waals surface area contributed by atoms with E-state index in [9.17, 15) is 19.4 Å². The highest BCUT2D eigenvalue weighted by Gasteiger charge is 2.53. The van der Waals surface area contributed by atoms with Gasteiger partial charge in [-0.2, -0.15) is 0 Å². The molecular weight excluding hydrogens is 309 g/mol. The summed E-state index contributed by atoms with van der Waals surface area (Å²) in [6.07, 6.45) is 2.46. The monoisotopic (exact) mass is 331 g/mol. The van der Waals surface area contributed by atoms with Gasteiger partial charge in [0.05, 0.1) is 0 Å². The Morgan fingerprint density at radius 3 is 2.96 bits per heavy atom. The van der Waals surface area contributed by atoms with Gasteiger partial charge in [-0.15, -0.1) is 0 Å². The first-order chi connectivity index (χ1) is 11.4. The van der Waals surface area contributed by atoms with Gasteiger partial charge in [-0.25, -0.2) is 9.18 Å². The van der Waals surface area contributed by atoms with Crippen molar-refractivity contribution < 1.29 is 19.4 Å². The average molecular weight is 331 g/mol. The molecule has 3 rings (SSSR count). The van der Waals surface area contributed by atoms with Crippen molar-refractivity contribution in [1.82, 2.24) is 4.90 Å². The SMILES string of the molecule is CCC1CC2C(CCCC2(O)C#Cc2cccc(F)c2)N1C(=O)O. The summed E-state index contributed by atoms with van der Waals surface area (Å²) in [5, 5.41) is 20.6. The van der Waals surface area contributed by atoms with Crippen LogP contribution in [0.3, 0.4) is 0 Å². The van der Waals surface area contributed by atoms with E-state index < -0.39 is 11.7 Å². The molecule has 4 unspecified atom stereocenters. The standard InChI is InChI=1S/C19H22FNO3/c1-2-15-12-16-17(21(15)18(22)23)7-4-9-19(16,24)10-8-13-5-3-6-14(20)11-13/h3,5-6,11,15-17,24H,2,4,7,9,12H2,1H3,(H,22,23). The van der Waals surface area contributed by atoms with Crippen molar-refractivity contribution in [1.29, 1.82) is 0 Å². The minimum atomic E-state index is -1.22. The summed E-state index contributed by atoms with van der Waals surface area (Å²) in [5.74, 6) is 5.27. The average Bonchev–Trinajstić information content (AvgIpc) is 2.94. The molecule has 2 N–H and O–H groups in total. The molecule has 4 nitrogen and oxygen atoms in total. The number of carboxylic acid groups (broad SMARTS) is 1. The molecule has 1 saturated heterocycles. The first kappa shape index (κ1) is 16.8. The zero-order chi connectivity index (χ0) is 17.3. The second kappa shape index (κ2) is 6.45. The van der Waals surface area contributed by atoms with Gasteiger partial charge in [0.25, 0.3) is 0 Å². The van der Waals surface area contributed by atoms with Crippen LogP contribution in [0.1, 0.15) is 44.6 Å². The molecule has 1 aliphatic carbocycles. The first-order valence-electron chi connectivity index (χ1n) is 8.47. The second-order valence-corrected chi connectivity index (χ2v) is 6.74. The number of fused-ring (bicyclic) bond motifs is 1. The van der Waals surface area contributed by atoms with Crippen LogP contribution in [0.15, 0.2) is 24.3 Å². The highest BCUT2D eigenvalue weighted by Crippen LogP contribution is 2.45. The van der Waals surface area contributed by atoms with Crippen molar-refractivity contribution in [3.8, 4) is 11.8 Å². The van der Waals surface area contributed by atoms with Gasteiger partial charge in [0.1, 0.15) is 11.4 Å². The molecule has 0 radical (unpaired) electrons. The number of hydrogen-bond acceptors (Lipinski definition) is 2. The van der Waals surface area contributed by atoms with E-state index in [0.29, 0.717) is 18.4 Å². The van der Waals surface area contributed by atoms with Crippen LogP contribution in [0.4, 0.5) is 9.18 Å². The molecule has 0 aromatic heterocycles. The number of aliphatic hydroxyl groups is 1. The van der Waals surface area contributed by atoms with E-state index >= 15 is 0 Å². The molecule has 0 bridgehead atoms. The smallest absolute Gasteiger partial charge is 0.407 e. The number of likely N-dealkylation sites (tertiary alicyclic amines) is 1. The fraction of sp³-hybridized carbons (Fsp3) is 0.526. The summed E-state index contributed by atoms with van der Waals surface area (Å²) >= 11 is 0. The minimum absolute atomic E-state index is 0.0712. The maximum Gasteiger partial charge on any atom is 0.407 e. The Labute approximate surface area is 141 Å². The van der Waals surface area contributed by atoms with E-state index in [0.717, 1.165) is 19.3 Å². The van der Waals surface area contributed by atoms with Crippen LogP contribution in [0.2, 0.25) is 0 Å². The zero-order valence-corrected chi connectivity index (χ0v) is 13.7. The minimum Gasteiger partial charge on any atom is -0.465 e. The van der Waals surface area contributed by atoms with E-state index in [4.69, 9.17) is 0 Å². The Hall–Kier alpha value is -2.06. The molecule has 5 heteroatoms. The van der Waals surface area contributed by atoms with Gasteiger partial charge >= 0.3 is 6.09 Å². The van der Waals surface area contributed by atoms with Crippen LogP contribution in [0, 0.1) is 23.6 Å². The molecule has 1 amide bonds. The molecule has 1 saturated carbocycles. The van der Waals surface area contributed by atoms with Gasteiger partial charge in [0.2, 0.25) is 0 Å². The van der Waals surface area contributed by atoms with E-state index in [1.165, 1.54) is 17.0 Å². The van der Waals surface area contributed by atoms with Crippen molar-refractivity contribution in [3.05, 3.63) is 35.6 Å². The fourth-order valence-electron chi connectivity index (χ4n) is 4.21. The Balaban J connectivity index is 1.89. The van der Waals surface area contributed by atoms with E-state index in [1.807, 2.05) is 6.92 Å². The van der Waals surface area contributed by atoms with Crippen LogP contribution in [0.5, 0.6) is 0 Å². The Kier molecular flexibility index (Phi) is 4.51. The molecule has 1 aliphatic heterocycles. The summed E-state index contributed by atoms with van der Waals surface area (Å²) in [6.45, 7) is 1.97. The molecule has 1 aromatic carbocycles. The lowest BCUT2D eigenvalue weighted by Gasteiger charge is -2.39. The predicted molar refractivity (Wildman–Crippen MR) is 87.9 cm³/mol. The molecule has 2 fully saturated rings. The lowest BCUT2D eigenvalue weighted by Crippen LogP contribution is -2.50. The quantitative estimate of drug-likeness (QED) is 0.777. The van der Waals surface area contributed by atoms with Crippen molar-refractivity contribution in [2.24, 2.45) is 5.92 Å². The van der Waals surface area contributed by atoms with Crippen molar-refractivity contribution in [2.75, 3.05) is 0 Å². The van der Waals surface area contributed by atoms with Gasteiger partial charge in [-0.3, -0.25) is 0 Å². The van der Waals surface area contributed by atoms with Crippen LogP contribution in [-0.2, 0) is 0 Å². The lowest BCUT2D eigenvalue weighted by atomic mass is 9.72. The fourth-order valence-corrected chi connectivity index (χ4v) is 4.21. The van der Waals surface area contributed by atoms with Crippen molar-refractivity contribution >= 4 is 6.09 Å². The summed E-state index contributed by atoms with van der Waals surface area (Å²) in [7, 11) is 0. The molecular formula is C19H22FNO3.